The lowest BCUT2D eigenvalue weighted by molar-refractivity contribution is -0.0123. The molecule has 5 heterocycles. The molecule has 0 amide bonds. The predicted molar refractivity (Wildman–Crippen MR) is 171 cm³/mol. The van der Waals surface area contributed by atoms with Gasteiger partial charge in [0.15, 0.2) is 5.82 Å². The molecule has 1 spiro atoms. The van der Waals surface area contributed by atoms with Crippen LogP contribution in [-0.4, -0.2) is 93.1 Å². The van der Waals surface area contributed by atoms with Crippen LogP contribution < -0.4 is 9.64 Å². The number of aryl methyl sites for hydroxylation is 1. The van der Waals surface area contributed by atoms with Crippen molar-refractivity contribution in [2.24, 2.45) is 5.41 Å². The number of β-amino-alcohol motifs (C(OH)–C–C–N with tert-alkyl or cyclic N) is 1. The van der Waals surface area contributed by atoms with Gasteiger partial charge in [-0.1, -0.05) is 13.0 Å². The van der Waals surface area contributed by atoms with E-state index in [4.69, 9.17) is 14.5 Å². The fourth-order valence-electron chi connectivity index (χ4n) is 8.38. The molecule has 13 heteroatoms. The van der Waals surface area contributed by atoms with Gasteiger partial charge in [-0.15, -0.1) is 0 Å². The van der Waals surface area contributed by atoms with E-state index in [9.17, 15) is 23.4 Å². The minimum Gasteiger partial charge on any atom is -0.508 e. The Hall–Kier alpha value is -3.81. The number of phenols is 1. The molecule has 2 aromatic heterocycles. The van der Waals surface area contributed by atoms with E-state index in [2.05, 4.69) is 14.9 Å². The first kappa shape index (κ1) is 31.5. The molecule has 1 saturated carbocycles. The zero-order chi connectivity index (χ0) is 33.6. The van der Waals surface area contributed by atoms with E-state index < -0.39 is 34.1 Å². The van der Waals surface area contributed by atoms with Crippen LogP contribution in [0.3, 0.4) is 0 Å². The summed E-state index contributed by atoms with van der Waals surface area (Å²) in [4.78, 5) is 17.6. The van der Waals surface area contributed by atoms with Gasteiger partial charge in [0, 0.05) is 31.3 Å². The smallest absolute Gasteiger partial charge is 0.319 e. The third-order valence-electron chi connectivity index (χ3n) is 10.7. The van der Waals surface area contributed by atoms with Crippen LogP contribution in [0.25, 0.3) is 32.9 Å². The summed E-state index contributed by atoms with van der Waals surface area (Å²) in [5, 5.41) is 22.8. The molecule has 0 bridgehead atoms. The number of aromatic hydroxyl groups is 1. The van der Waals surface area contributed by atoms with Crippen LogP contribution in [0, 0.1) is 17.0 Å². The second-order valence-corrected chi connectivity index (χ2v) is 14.3. The minimum atomic E-state index is -2.69. The van der Waals surface area contributed by atoms with Crippen molar-refractivity contribution in [3.63, 3.8) is 0 Å². The normalized spacial score (nSPS) is 28.4. The number of pyridine rings is 1. The maximum Gasteiger partial charge on any atom is 0.319 e. The van der Waals surface area contributed by atoms with E-state index in [-0.39, 0.29) is 72.5 Å². The molecule has 1 unspecified atom stereocenters. The van der Waals surface area contributed by atoms with Gasteiger partial charge in [-0.3, -0.25) is 9.88 Å². The Morgan fingerprint density at radius 2 is 1.90 bits per heavy atom. The average Bonchev–Trinajstić information content (AvgIpc) is 3.25. The molecule has 4 aromatic rings. The van der Waals surface area contributed by atoms with Crippen molar-refractivity contribution in [3.05, 3.63) is 47.7 Å². The van der Waals surface area contributed by atoms with Crippen LogP contribution in [-0.2, 0) is 11.2 Å². The Kier molecular flexibility index (Phi) is 7.11. The molecule has 2 N–H and O–H groups in total. The summed E-state index contributed by atoms with van der Waals surface area (Å²) in [5.74, 6) is -3.83. The minimum absolute atomic E-state index is 0.0620. The highest BCUT2D eigenvalue weighted by Gasteiger charge is 2.77. The van der Waals surface area contributed by atoms with Gasteiger partial charge in [0.25, 0.3) is 5.92 Å². The van der Waals surface area contributed by atoms with Gasteiger partial charge in [-0.2, -0.15) is 9.97 Å². The van der Waals surface area contributed by atoms with Gasteiger partial charge in [0.2, 0.25) is 0 Å². The van der Waals surface area contributed by atoms with Gasteiger partial charge in [-0.05, 0) is 73.7 Å². The third kappa shape index (κ3) is 4.96. The number of alkyl halides is 2. The molecule has 1 aliphatic carbocycles. The summed E-state index contributed by atoms with van der Waals surface area (Å²) >= 11 is 0. The van der Waals surface area contributed by atoms with E-state index in [1.807, 2.05) is 0 Å². The zero-order valence-corrected chi connectivity index (χ0v) is 26.8. The van der Waals surface area contributed by atoms with E-state index in [1.54, 1.807) is 18.7 Å². The van der Waals surface area contributed by atoms with Crippen LogP contribution in [0.4, 0.5) is 23.4 Å². The number of fused-ring (bicyclic) bond motifs is 3. The molecule has 4 fully saturated rings. The number of hydrogen-bond acceptors (Lipinski definition) is 9. The van der Waals surface area contributed by atoms with E-state index in [0.717, 1.165) is 6.42 Å². The maximum atomic E-state index is 16.9. The number of hydrogen-bond donors (Lipinski definition) is 2. The summed E-state index contributed by atoms with van der Waals surface area (Å²) < 4.78 is 72.7. The van der Waals surface area contributed by atoms with Gasteiger partial charge in [0.05, 0.1) is 36.1 Å². The van der Waals surface area contributed by atoms with Crippen LogP contribution in [0.15, 0.2) is 30.5 Å². The summed E-state index contributed by atoms with van der Waals surface area (Å²) in [6, 6.07) is 5.57. The summed E-state index contributed by atoms with van der Waals surface area (Å²) in [6.07, 6.45) is 3.49. The Labute approximate surface area is 274 Å². The molecule has 254 valence electrons. The lowest BCUT2D eigenvalue weighted by Gasteiger charge is -2.32. The fourth-order valence-corrected chi connectivity index (χ4v) is 8.38. The van der Waals surface area contributed by atoms with E-state index in [1.165, 1.54) is 30.5 Å². The Morgan fingerprint density at radius 3 is 2.67 bits per heavy atom. The first-order chi connectivity index (χ1) is 22.8. The van der Waals surface area contributed by atoms with Crippen LogP contribution >= 0.6 is 0 Å². The second kappa shape index (κ2) is 10.8. The fraction of sp³-hybridized carbons (Fsp3) is 0.514. The molecule has 0 radical (unpaired) electrons. The standard InChI is InChI=1S/C35H37F4N5O4/c1-3-22-25(36)6-5-20-11-21(45)12-23(26(20)22)28-27(37)29-24(13-40-28)30(43-9-10-47-18-32(2,46)16-43)42-31(41-29)48-19-34-7-4-8-44(34)17-33(14-34)15-35(33,38)39/h5-6,11-13,45-46H,3-4,7-10,14-19H2,1-2H3/t32?,33-,34-/m0/s1. The van der Waals surface area contributed by atoms with Crippen molar-refractivity contribution in [1.29, 1.82) is 0 Å². The van der Waals surface area contributed by atoms with Crippen LogP contribution in [0.5, 0.6) is 11.8 Å². The number of aliphatic hydroxyl groups is 1. The van der Waals surface area contributed by atoms with Crippen LogP contribution in [0.2, 0.25) is 0 Å². The molecule has 3 atom stereocenters. The van der Waals surface area contributed by atoms with Crippen molar-refractivity contribution in [2.75, 3.05) is 50.9 Å². The molecule has 2 aromatic carbocycles. The number of benzene rings is 2. The number of anilines is 1. The summed E-state index contributed by atoms with van der Waals surface area (Å²) in [6.45, 7) is 5.34. The maximum absolute atomic E-state index is 16.9. The predicted octanol–water partition coefficient (Wildman–Crippen LogP) is 5.62. The molecule has 8 rings (SSSR count). The number of aromatic nitrogens is 3. The number of halogens is 4. The topological polar surface area (TPSA) is 104 Å². The van der Waals surface area contributed by atoms with Crippen molar-refractivity contribution in [3.8, 4) is 23.0 Å². The number of phenolic OH excluding ortho intramolecular Hbond substituents is 1. The largest absolute Gasteiger partial charge is 0.508 e. The van der Waals surface area contributed by atoms with Crippen molar-refractivity contribution >= 4 is 27.5 Å². The van der Waals surface area contributed by atoms with Gasteiger partial charge >= 0.3 is 6.01 Å². The van der Waals surface area contributed by atoms with E-state index >= 15 is 4.39 Å². The molecule has 48 heavy (non-hydrogen) atoms. The zero-order valence-electron chi connectivity index (χ0n) is 26.8. The summed E-state index contributed by atoms with van der Waals surface area (Å²) in [5.41, 5.74) is -2.55. The lowest BCUT2D eigenvalue weighted by Crippen LogP contribution is -2.44. The number of rotatable bonds is 6. The molecular weight excluding hydrogens is 630 g/mol. The highest BCUT2D eigenvalue weighted by atomic mass is 19.3. The Morgan fingerprint density at radius 1 is 1.08 bits per heavy atom. The summed E-state index contributed by atoms with van der Waals surface area (Å²) in [7, 11) is 0. The van der Waals surface area contributed by atoms with Gasteiger partial charge < -0.3 is 24.6 Å². The molecule has 9 nitrogen and oxygen atoms in total. The third-order valence-corrected chi connectivity index (χ3v) is 10.7. The highest BCUT2D eigenvalue weighted by Crippen LogP contribution is 2.69. The molecule has 3 aliphatic heterocycles. The number of ether oxygens (including phenoxy) is 2. The Bertz CT molecular complexity index is 1960. The first-order valence-electron chi connectivity index (χ1n) is 16.5. The van der Waals surface area contributed by atoms with Crippen LogP contribution in [0.1, 0.15) is 45.1 Å². The molecular formula is C35H37F4N5O4. The van der Waals surface area contributed by atoms with Gasteiger partial charge in [-0.25, -0.2) is 17.6 Å². The number of nitrogens with zero attached hydrogens (tertiary/aromatic N) is 5. The Balaban J connectivity index is 1.26. The highest BCUT2D eigenvalue weighted by molar-refractivity contribution is 6.01. The van der Waals surface area contributed by atoms with Crippen molar-refractivity contribution in [1.82, 2.24) is 19.9 Å². The van der Waals surface area contributed by atoms with Crippen molar-refractivity contribution in [2.45, 2.75) is 63.0 Å². The second-order valence-electron chi connectivity index (χ2n) is 14.3. The average molecular weight is 668 g/mol. The monoisotopic (exact) mass is 667 g/mol. The lowest BCUT2D eigenvalue weighted by atomic mass is 9.89. The molecule has 4 aliphatic rings. The molecule has 3 saturated heterocycles. The SMILES string of the molecule is CCc1c(F)ccc2cc(O)cc(-c3ncc4c(N5CCOCC(C)(O)C5)nc(OC[C@@]56CCCN5C[C@@]5(CC5(F)F)C6)nc4c3F)c12. The van der Waals surface area contributed by atoms with Crippen molar-refractivity contribution < 1.29 is 37.2 Å². The van der Waals surface area contributed by atoms with E-state index in [0.29, 0.717) is 55.2 Å². The van der Waals surface area contributed by atoms with Gasteiger partial charge in [0.1, 0.15) is 40.8 Å². The first-order valence-corrected chi connectivity index (χ1v) is 16.5. The quantitative estimate of drug-likeness (QED) is 0.254.